The monoisotopic (exact) mass is 618 g/mol. The number of methoxy groups -OCH3 is 4. The van der Waals surface area contributed by atoms with Crippen molar-refractivity contribution in [3.63, 3.8) is 0 Å². The number of rotatable bonds is 19. The summed E-state index contributed by atoms with van der Waals surface area (Å²) in [7, 11) is 6.46. The van der Waals surface area contributed by atoms with E-state index in [4.69, 9.17) is 28.4 Å². The molecule has 0 unspecified atom stereocenters. The van der Waals surface area contributed by atoms with Crippen molar-refractivity contribution in [2.24, 2.45) is 17.8 Å². The molecule has 0 aliphatic carbocycles. The molecule has 2 aromatic rings. The van der Waals surface area contributed by atoms with Crippen molar-refractivity contribution in [3.05, 3.63) is 53.1 Å². The number of carbonyl (C=O) groups is 2. The van der Waals surface area contributed by atoms with E-state index < -0.39 is 17.9 Å². The number of carboxylic acid groups (broad SMARTS) is 2. The summed E-state index contributed by atoms with van der Waals surface area (Å²) >= 11 is 0. The van der Waals surface area contributed by atoms with E-state index in [2.05, 4.69) is 0 Å². The molecule has 44 heavy (non-hydrogen) atoms. The van der Waals surface area contributed by atoms with Crippen LogP contribution in [0.1, 0.15) is 51.7 Å². The minimum atomic E-state index is -0.909. The van der Waals surface area contributed by atoms with E-state index in [1.165, 1.54) is 0 Å². The van der Waals surface area contributed by atoms with E-state index in [-0.39, 0.29) is 11.8 Å². The Morgan fingerprint density at radius 1 is 0.727 bits per heavy atom. The van der Waals surface area contributed by atoms with Crippen LogP contribution >= 0.6 is 0 Å². The maximum Gasteiger partial charge on any atom is 0.331 e. The van der Waals surface area contributed by atoms with Gasteiger partial charge in [-0.3, -0.25) is 4.79 Å². The largest absolute Gasteiger partial charge is 0.493 e. The third kappa shape index (κ3) is 13.7. The Kier molecular flexibility index (Phi) is 18.3. The fourth-order valence-corrected chi connectivity index (χ4v) is 4.14. The van der Waals surface area contributed by atoms with Gasteiger partial charge in [0.25, 0.3) is 0 Å². The SMILES string of the molecule is COCCCOc1cc(/C=C(/C(=O)O)C(C)C)ccc1OC.COCCCOc1cc(C[C@@H](C(=O)O)C(C)C)ccc1OC. The first-order valence-corrected chi connectivity index (χ1v) is 14.7. The van der Waals surface area contributed by atoms with Gasteiger partial charge in [0.15, 0.2) is 23.0 Å². The maximum absolute atomic E-state index is 11.3. The molecule has 0 saturated heterocycles. The highest BCUT2D eigenvalue weighted by atomic mass is 16.5. The summed E-state index contributed by atoms with van der Waals surface area (Å²) in [5, 5.41) is 18.5. The molecule has 0 fully saturated rings. The van der Waals surface area contributed by atoms with Crippen LogP contribution in [0.4, 0.5) is 0 Å². The van der Waals surface area contributed by atoms with Crippen LogP contribution in [0.15, 0.2) is 42.0 Å². The van der Waals surface area contributed by atoms with Crippen molar-refractivity contribution in [2.45, 2.75) is 47.0 Å². The van der Waals surface area contributed by atoms with Crippen LogP contribution in [0.2, 0.25) is 0 Å². The van der Waals surface area contributed by atoms with E-state index in [1.54, 1.807) is 46.6 Å². The first-order chi connectivity index (χ1) is 21.0. The highest BCUT2D eigenvalue weighted by Gasteiger charge is 2.22. The van der Waals surface area contributed by atoms with Gasteiger partial charge in [-0.2, -0.15) is 0 Å². The Bertz CT molecular complexity index is 1170. The smallest absolute Gasteiger partial charge is 0.331 e. The van der Waals surface area contributed by atoms with E-state index in [9.17, 15) is 19.8 Å². The molecule has 10 heteroatoms. The zero-order valence-electron chi connectivity index (χ0n) is 27.4. The second-order valence-electron chi connectivity index (χ2n) is 10.7. The molecular formula is C34H50O10. The summed E-state index contributed by atoms with van der Waals surface area (Å²) in [6, 6.07) is 10.9. The summed E-state index contributed by atoms with van der Waals surface area (Å²) in [6.45, 7) is 9.84. The average molecular weight is 619 g/mol. The molecule has 246 valence electrons. The number of hydrogen-bond donors (Lipinski definition) is 2. The van der Waals surface area contributed by atoms with Gasteiger partial charge < -0.3 is 38.6 Å². The molecule has 2 N–H and O–H groups in total. The summed E-state index contributed by atoms with van der Waals surface area (Å²) in [5.74, 6) is 0.436. The zero-order chi connectivity index (χ0) is 33.1. The van der Waals surface area contributed by atoms with Crippen LogP contribution in [0.5, 0.6) is 23.0 Å². The normalized spacial score (nSPS) is 11.9. The molecule has 0 bridgehead atoms. The molecule has 0 aliphatic rings. The van der Waals surface area contributed by atoms with Gasteiger partial charge in [0.1, 0.15) is 0 Å². The van der Waals surface area contributed by atoms with Crippen LogP contribution in [0.3, 0.4) is 0 Å². The molecule has 2 aromatic carbocycles. The van der Waals surface area contributed by atoms with Crippen molar-refractivity contribution in [3.8, 4) is 23.0 Å². The van der Waals surface area contributed by atoms with Gasteiger partial charge in [0.2, 0.25) is 0 Å². The maximum atomic E-state index is 11.3. The summed E-state index contributed by atoms with van der Waals surface area (Å²) in [5.41, 5.74) is 2.06. The fraction of sp³-hybridized carbons (Fsp3) is 0.529. The van der Waals surface area contributed by atoms with Crippen molar-refractivity contribution in [2.75, 3.05) is 54.9 Å². The minimum absolute atomic E-state index is 0.0642. The van der Waals surface area contributed by atoms with Crippen molar-refractivity contribution < 1.29 is 48.2 Å². The Hall–Kier alpha value is -3.76. The summed E-state index contributed by atoms with van der Waals surface area (Å²) in [4.78, 5) is 22.6. The first kappa shape index (κ1) is 38.3. The minimum Gasteiger partial charge on any atom is -0.493 e. The molecule has 0 aliphatic heterocycles. The number of aliphatic carboxylic acids is 2. The van der Waals surface area contributed by atoms with E-state index in [0.29, 0.717) is 61.4 Å². The van der Waals surface area contributed by atoms with Crippen molar-refractivity contribution in [1.82, 2.24) is 0 Å². The molecule has 0 heterocycles. The van der Waals surface area contributed by atoms with Crippen LogP contribution in [-0.4, -0.2) is 77.0 Å². The fourth-order valence-electron chi connectivity index (χ4n) is 4.14. The van der Waals surface area contributed by atoms with E-state index >= 15 is 0 Å². The topological polar surface area (TPSA) is 130 Å². The molecule has 0 spiro atoms. The third-order valence-corrected chi connectivity index (χ3v) is 6.69. The molecule has 10 nitrogen and oxygen atoms in total. The third-order valence-electron chi connectivity index (χ3n) is 6.69. The zero-order valence-corrected chi connectivity index (χ0v) is 27.4. The van der Waals surface area contributed by atoms with Gasteiger partial charge in [-0.25, -0.2) is 4.79 Å². The molecule has 0 radical (unpaired) electrons. The lowest BCUT2D eigenvalue weighted by molar-refractivity contribution is -0.143. The summed E-state index contributed by atoms with van der Waals surface area (Å²) < 4.78 is 31.9. The van der Waals surface area contributed by atoms with Gasteiger partial charge in [-0.15, -0.1) is 0 Å². The summed E-state index contributed by atoms with van der Waals surface area (Å²) in [6.07, 6.45) is 3.69. The van der Waals surface area contributed by atoms with E-state index in [0.717, 1.165) is 24.0 Å². The Balaban J connectivity index is 0.000000440. The second-order valence-corrected chi connectivity index (χ2v) is 10.7. The van der Waals surface area contributed by atoms with Crippen LogP contribution < -0.4 is 18.9 Å². The lowest BCUT2D eigenvalue weighted by atomic mass is 9.89. The molecule has 1 atom stereocenters. The van der Waals surface area contributed by atoms with Crippen LogP contribution in [0, 0.1) is 17.8 Å². The highest BCUT2D eigenvalue weighted by Crippen LogP contribution is 2.31. The lowest BCUT2D eigenvalue weighted by Gasteiger charge is -2.17. The molecule has 0 saturated carbocycles. The van der Waals surface area contributed by atoms with Gasteiger partial charge in [-0.1, -0.05) is 39.8 Å². The lowest BCUT2D eigenvalue weighted by Crippen LogP contribution is -2.22. The van der Waals surface area contributed by atoms with Gasteiger partial charge >= 0.3 is 11.9 Å². The van der Waals surface area contributed by atoms with E-state index in [1.807, 2.05) is 52.0 Å². The van der Waals surface area contributed by atoms with Gasteiger partial charge in [0.05, 0.1) is 33.4 Å². The van der Waals surface area contributed by atoms with Crippen LogP contribution in [0.25, 0.3) is 6.08 Å². The molecule has 0 amide bonds. The highest BCUT2D eigenvalue weighted by molar-refractivity contribution is 5.92. The standard InChI is InChI=1S/C17H26O5.C17H24O5/c2*1-12(2)14(17(18)19)10-13-6-7-15(21-4)16(11-13)22-9-5-8-20-3/h6-7,11-12,14H,5,8-10H2,1-4H3,(H,18,19);6-7,10-12H,5,8-9H2,1-4H3,(H,18,19)/b;14-10+/t14-;/m1./s1. The quantitative estimate of drug-likeness (QED) is 0.138. The molecule has 0 aromatic heterocycles. The number of hydrogen-bond acceptors (Lipinski definition) is 8. The average Bonchev–Trinajstić information content (AvgIpc) is 2.99. The number of carboxylic acids is 2. The van der Waals surface area contributed by atoms with Crippen molar-refractivity contribution >= 4 is 18.0 Å². The predicted molar refractivity (Wildman–Crippen MR) is 170 cm³/mol. The first-order valence-electron chi connectivity index (χ1n) is 14.7. The predicted octanol–water partition coefficient (Wildman–Crippen LogP) is 6.24. The van der Waals surface area contributed by atoms with Crippen LogP contribution in [-0.2, 0) is 25.5 Å². The van der Waals surface area contributed by atoms with Gasteiger partial charge in [-0.05, 0) is 59.7 Å². The number of benzene rings is 2. The van der Waals surface area contributed by atoms with Crippen molar-refractivity contribution in [1.29, 1.82) is 0 Å². The Morgan fingerprint density at radius 3 is 1.68 bits per heavy atom. The van der Waals surface area contributed by atoms with Gasteiger partial charge in [0, 0.05) is 45.8 Å². The second kappa shape index (κ2) is 21.0. The molecule has 2 rings (SSSR count). The Morgan fingerprint density at radius 2 is 1.25 bits per heavy atom. The Labute approximate surface area is 261 Å². The number of ether oxygens (including phenoxy) is 6. The molecular weight excluding hydrogens is 568 g/mol.